The number of carbonyl (C=O) groups excluding carboxylic acids is 2. The van der Waals surface area contributed by atoms with Gasteiger partial charge < -0.3 is 10.1 Å². The van der Waals surface area contributed by atoms with E-state index in [1.165, 1.54) is 4.90 Å². The number of rotatable bonds is 8. The molecule has 1 aliphatic heterocycles. The van der Waals surface area contributed by atoms with Crippen LogP contribution in [0.3, 0.4) is 0 Å². The molecule has 0 fully saturated rings. The fraction of sp³-hybridized carbons (Fsp3) is 0.304. The first-order valence-corrected chi connectivity index (χ1v) is 10.1. The average molecular weight is 413 g/mol. The van der Waals surface area contributed by atoms with Gasteiger partial charge in [0.1, 0.15) is 5.70 Å². The Morgan fingerprint density at radius 1 is 1.03 bits per heavy atom. The molecule has 0 saturated carbocycles. The van der Waals surface area contributed by atoms with Crippen molar-refractivity contribution in [3.05, 3.63) is 70.4 Å². The highest BCUT2D eigenvalue weighted by Crippen LogP contribution is 2.32. The summed E-state index contributed by atoms with van der Waals surface area (Å²) in [6.07, 6.45) is 0.697. The molecular formula is C23H25ClN2O3. The van der Waals surface area contributed by atoms with E-state index in [1.807, 2.05) is 63.2 Å². The lowest BCUT2D eigenvalue weighted by Gasteiger charge is -2.16. The zero-order valence-electron chi connectivity index (χ0n) is 16.9. The Kier molecular flexibility index (Phi) is 6.72. The van der Waals surface area contributed by atoms with Crippen molar-refractivity contribution in [1.82, 2.24) is 4.90 Å². The van der Waals surface area contributed by atoms with Gasteiger partial charge in [0, 0.05) is 23.9 Å². The minimum absolute atomic E-state index is 0.112. The third kappa shape index (κ3) is 4.69. The van der Waals surface area contributed by atoms with Crippen molar-refractivity contribution in [3.8, 4) is 0 Å². The maximum Gasteiger partial charge on any atom is 0.278 e. The van der Waals surface area contributed by atoms with Gasteiger partial charge in [0.05, 0.1) is 11.7 Å². The summed E-state index contributed by atoms with van der Waals surface area (Å²) < 4.78 is 5.54. The van der Waals surface area contributed by atoms with Crippen LogP contribution in [0.2, 0.25) is 5.02 Å². The number of hydrogen-bond acceptors (Lipinski definition) is 4. The molecule has 0 saturated heterocycles. The summed E-state index contributed by atoms with van der Waals surface area (Å²) >= 11 is 6.22. The number of nitrogens with zero attached hydrogens (tertiary/aromatic N) is 1. The van der Waals surface area contributed by atoms with E-state index in [1.54, 1.807) is 6.07 Å². The van der Waals surface area contributed by atoms with Crippen molar-refractivity contribution in [1.29, 1.82) is 0 Å². The Labute approximate surface area is 176 Å². The summed E-state index contributed by atoms with van der Waals surface area (Å²) in [7, 11) is 0. The Balaban J connectivity index is 1.91. The number of halogens is 1. The molecule has 0 aliphatic carbocycles. The maximum atomic E-state index is 13.1. The van der Waals surface area contributed by atoms with Gasteiger partial charge in [-0.2, -0.15) is 0 Å². The number of imide groups is 1. The smallest absolute Gasteiger partial charge is 0.278 e. The van der Waals surface area contributed by atoms with E-state index in [4.69, 9.17) is 16.3 Å². The summed E-state index contributed by atoms with van der Waals surface area (Å²) in [5, 5.41) is 3.76. The second kappa shape index (κ2) is 9.25. The van der Waals surface area contributed by atoms with Crippen molar-refractivity contribution in [2.45, 2.75) is 33.3 Å². The standard InChI is InChI=1S/C23H25ClN2O3/c1-15(2)29-14-8-13-26-22(27)20(17-9-5-4-6-10-17)21(23(26)28)25-19-12-7-11-18(24)16(19)3/h4-7,9-12,15,25H,8,13-14H2,1-3H3. The summed E-state index contributed by atoms with van der Waals surface area (Å²) in [4.78, 5) is 27.6. The molecule has 29 heavy (non-hydrogen) atoms. The van der Waals surface area contributed by atoms with E-state index in [2.05, 4.69) is 5.32 Å². The van der Waals surface area contributed by atoms with Gasteiger partial charge in [-0.3, -0.25) is 14.5 Å². The first-order valence-electron chi connectivity index (χ1n) is 9.69. The lowest BCUT2D eigenvalue weighted by atomic mass is 10.0. The Morgan fingerprint density at radius 3 is 2.45 bits per heavy atom. The number of hydrogen-bond donors (Lipinski definition) is 1. The van der Waals surface area contributed by atoms with Crippen LogP contribution in [0.25, 0.3) is 5.57 Å². The minimum atomic E-state index is -0.335. The second-order valence-corrected chi connectivity index (χ2v) is 7.60. The highest BCUT2D eigenvalue weighted by molar-refractivity contribution is 6.36. The van der Waals surface area contributed by atoms with Crippen LogP contribution in [-0.2, 0) is 14.3 Å². The molecule has 2 amide bonds. The van der Waals surface area contributed by atoms with Gasteiger partial charge in [0.2, 0.25) is 0 Å². The fourth-order valence-electron chi connectivity index (χ4n) is 3.19. The van der Waals surface area contributed by atoms with Crippen LogP contribution in [0.15, 0.2) is 54.2 Å². The number of carbonyl (C=O) groups is 2. The van der Waals surface area contributed by atoms with Crippen molar-refractivity contribution in [3.63, 3.8) is 0 Å². The predicted octanol–water partition coefficient (Wildman–Crippen LogP) is 4.66. The summed E-state index contributed by atoms with van der Waals surface area (Å²) in [6.45, 7) is 6.58. The van der Waals surface area contributed by atoms with Gasteiger partial charge in [-0.1, -0.05) is 48.0 Å². The highest BCUT2D eigenvalue weighted by atomic mass is 35.5. The molecule has 0 unspecified atom stereocenters. The third-order valence-electron chi connectivity index (χ3n) is 4.74. The van der Waals surface area contributed by atoms with Crippen molar-refractivity contribution in [2.24, 2.45) is 0 Å². The van der Waals surface area contributed by atoms with Crippen molar-refractivity contribution < 1.29 is 14.3 Å². The Morgan fingerprint density at radius 2 is 1.76 bits per heavy atom. The molecule has 0 aromatic heterocycles. The minimum Gasteiger partial charge on any atom is -0.379 e. The zero-order chi connectivity index (χ0) is 21.0. The van der Waals surface area contributed by atoms with E-state index in [0.717, 1.165) is 5.56 Å². The Bertz CT molecular complexity index is 938. The molecular weight excluding hydrogens is 388 g/mol. The van der Waals surface area contributed by atoms with E-state index < -0.39 is 0 Å². The normalized spacial score (nSPS) is 14.3. The summed E-state index contributed by atoms with van der Waals surface area (Å²) in [5.41, 5.74) is 2.87. The van der Waals surface area contributed by atoms with Crippen LogP contribution in [0.4, 0.5) is 5.69 Å². The largest absolute Gasteiger partial charge is 0.379 e. The molecule has 152 valence electrons. The van der Waals surface area contributed by atoms with Gasteiger partial charge >= 0.3 is 0 Å². The molecule has 1 aliphatic rings. The van der Waals surface area contributed by atoms with Gasteiger partial charge in [-0.25, -0.2) is 0 Å². The molecule has 6 heteroatoms. The molecule has 2 aromatic carbocycles. The van der Waals surface area contributed by atoms with Crippen LogP contribution >= 0.6 is 11.6 Å². The maximum absolute atomic E-state index is 13.1. The number of amides is 2. The average Bonchev–Trinajstić information content (AvgIpc) is 2.93. The molecule has 5 nitrogen and oxygen atoms in total. The number of ether oxygens (including phenoxy) is 1. The lowest BCUT2D eigenvalue weighted by Crippen LogP contribution is -2.34. The molecule has 3 rings (SSSR count). The fourth-order valence-corrected chi connectivity index (χ4v) is 3.36. The molecule has 0 bridgehead atoms. The van der Waals surface area contributed by atoms with Crippen molar-refractivity contribution >= 4 is 34.7 Å². The number of nitrogens with one attached hydrogen (secondary N) is 1. The van der Waals surface area contributed by atoms with E-state index >= 15 is 0 Å². The number of anilines is 1. The molecule has 0 radical (unpaired) electrons. The van der Waals surface area contributed by atoms with Gasteiger partial charge in [-0.05, 0) is 50.5 Å². The van der Waals surface area contributed by atoms with Crippen LogP contribution in [-0.4, -0.2) is 36.0 Å². The quantitative estimate of drug-likeness (QED) is 0.506. The number of benzene rings is 2. The van der Waals surface area contributed by atoms with Gasteiger partial charge in [-0.15, -0.1) is 0 Å². The molecule has 0 spiro atoms. The monoisotopic (exact) mass is 412 g/mol. The van der Waals surface area contributed by atoms with E-state index in [9.17, 15) is 9.59 Å². The summed E-state index contributed by atoms with van der Waals surface area (Å²) in [5.74, 6) is -0.634. The molecule has 1 N–H and O–H groups in total. The molecule has 0 atom stereocenters. The van der Waals surface area contributed by atoms with Crippen LogP contribution in [0.1, 0.15) is 31.4 Å². The predicted molar refractivity (Wildman–Crippen MR) is 116 cm³/mol. The van der Waals surface area contributed by atoms with Gasteiger partial charge in [0.25, 0.3) is 11.8 Å². The molecule has 2 aromatic rings. The van der Waals surface area contributed by atoms with E-state index in [0.29, 0.717) is 41.4 Å². The topological polar surface area (TPSA) is 58.6 Å². The summed E-state index contributed by atoms with van der Waals surface area (Å²) in [6, 6.07) is 14.7. The third-order valence-corrected chi connectivity index (χ3v) is 5.14. The lowest BCUT2D eigenvalue weighted by molar-refractivity contribution is -0.137. The van der Waals surface area contributed by atoms with Crippen LogP contribution < -0.4 is 5.32 Å². The Hall–Kier alpha value is -2.63. The van der Waals surface area contributed by atoms with E-state index in [-0.39, 0.29) is 23.6 Å². The molecule has 1 heterocycles. The van der Waals surface area contributed by atoms with Crippen LogP contribution in [0, 0.1) is 6.92 Å². The zero-order valence-corrected chi connectivity index (χ0v) is 17.6. The van der Waals surface area contributed by atoms with Crippen LogP contribution in [0.5, 0.6) is 0 Å². The first kappa shape index (κ1) is 21.1. The van der Waals surface area contributed by atoms with Crippen molar-refractivity contribution in [2.75, 3.05) is 18.5 Å². The first-order chi connectivity index (χ1) is 13.9. The van der Waals surface area contributed by atoms with Gasteiger partial charge in [0.15, 0.2) is 0 Å². The second-order valence-electron chi connectivity index (χ2n) is 7.19. The highest BCUT2D eigenvalue weighted by Gasteiger charge is 2.39. The SMILES string of the molecule is Cc1c(Cl)cccc1NC1=C(c2ccccc2)C(=O)N(CCCOC(C)C)C1=O.